The number of benzene rings is 2. The smallest absolute Gasteiger partial charge is 0.262 e. The van der Waals surface area contributed by atoms with Gasteiger partial charge in [0, 0.05) is 30.2 Å². The minimum atomic E-state index is -0.607. The Morgan fingerprint density at radius 2 is 1.83 bits per heavy atom. The molecule has 0 bridgehead atoms. The molecule has 0 unspecified atom stereocenters. The Balaban J connectivity index is 1.62. The van der Waals surface area contributed by atoms with E-state index in [-0.39, 0.29) is 24.3 Å². The molecule has 0 aliphatic carbocycles. The first-order chi connectivity index (χ1) is 17.4. The summed E-state index contributed by atoms with van der Waals surface area (Å²) in [4.78, 5) is 26.5. The molecule has 190 valence electrons. The van der Waals surface area contributed by atoms with E-state index in [0.717, 1.165) is 24.8 Å². The Kier molecular flexibility index (Phi) is 10.1. The summed E-state index contributed by atoms with van der Waals surface area (Å²) in [6.45, 7) is 1.88. The van der Waals surface area contributed by atoms with Crippen LogP contribution in [0, 0.1) is 5.82 Å². The Morgan fingerprint density at radius 1 is 1.08 bits per heavy atom. The Labute approximate surface area is 209 Å². The van der Waals surface area contributed by atoms with E-state index < -0.39 is 5.82 Å². The molecule has 0 saturated heterocycles. The average molecular weight is 495 g/mol. The van der Waals surface area contributed by atoms with E-state index in [9.17, 15) is 9.18 Å². The van der Waals surface area contributed by atoms with Gasteiger partial charge in [-0.2, -0.15) is 4.98 Å². The highest BCUT2D eigenvalue weighted by Crippen LogP contribution is 2.24. The number of hydrogen-bond acceptors (Lipinski definition) is 9. The maximum Gasteiger partial charge on any atom is 0.262 e. The third-order valence-electron chi connectivity index (χ3n) is 4.82. The average Bonchev–Trinajstić information content (AvgIpc) is 2.86. The van der Waals surface area contributed by atoms with E-state index in [1.54, 1.807) is 42.5 Å². The van der Waals surface area contributed by atoms with Crippen LogP contribution in [0.1, 0.15) is 6.42 Å². The first kappa shape index (κ1) is 26.5. The number of aromatic nitrogens is 2. The van der Waals surface area contributed by atoms with Gasteiger partial charge in [0.05, 0.1) is 24.7 Å². The zero-order chi connectivity index (χ0) is 25.8. The highest BCUT2D eigenvalue weighted by atomic mass is 19.1. The molecule has 0 radical (unpaired) electrons. The summed E-state index contributed by atoms with van der Waals surface area (Å²) >= 11 is 0. The lowest BCUT2D eigenvalue weighted by Crippen LogP contribution is -2.27. The van der Waals surface area contributed by atoms with Crippen molar-refractivity contribution in [1.82, 2.24) is 20.2 Å². The van der Waals surface area contributed by atoms with Crippen LogP contribution in [0.25, 0.3) is 0 Å². The Morgan fingerprint density at radius 3 is 2.61 bits per heavy atom. The second-order valence-corrected chi connectivity index (χ2v) is 8.13. The predicted molar refractivity (Wildman–Crippen MR) is 141 cm³/mol. The summed E-state index contributed by atoms with van der Waals surface area (Å²) < 4.78 is 14.4. The number of aliphatic hydroxyl groups is 1. The Hall–Kier alpha value is -4.09. The molecule has 0 saturated carbocycles. The van der Waals surface area contributed by atoms with Crippen molar-refractivity contribution in [3.05, 3.63) is 60.5 Å². The molecule has 5 N–H and O–H groups in total. The molecule has 0 atom stereocenters. The van der Waals surface area contributed by atoms with Crippen LogP contribution in [0.4, 0.5) is 38.9 Å². The molecule has 2 aromatic carbocycles. The molecule has 0 aliphatic heterocycles. The number of hydrogen-bond donors (Lipinski definition) is 5. The van der Waals surface area contributed by atoms with Gasteiger partial charge in [0.25, 0.3) is 5.91 Å². The van der Waals surface area contributed by atoms with E-state index in [1.165, 1.54) is 6.21 Å². The van der Waals surface area contributed by atoms with Crippen molar-refractivity contribution in [3.63, 3.8) is 0 Å². The number of anilines is 5. The maximum atomic E-state index is 14.4. The number of carbonyl (C=O) groups is 1. The molecule has 11 heteroatoms. The van der Waals surface area contributed by atoms with Gasteiger partial charge >= 0.3 is 0 Å². The van der Waals surface area contributed by atoms with Gasteiger partial charge < -0.3 is 31.3 Å². The number of aliphatic imine (C=N–C) groups is 1. The van der Waals surface area contributed by atoms with E-state index >= 15 is 0 Å². The van der Waals surface area contributed by atoms with Crippen LogP contribution < -0.4 is 21.3 Å². The van der Waals surface area contributed by atoms with Gasteiger partial charge in [-0.1, -0.05) is 12.1 Å². The SMILES string of the molecule is CN(C)CCCNC(=O)C=Nc1cccc(Nc2ncc(F)c(Nc3cccc(NCCO)c3)n2)c1. The zero-order valence-corrected chi connectivity index (χ0v) is 20.3. The van der Waals surface area contributed by atoms with Crippen molar-refractivity contribution >= 4 is 46.6 Å². The molecule has 0 aliphatic rings. The topological polar surface area (TPSA) is 127 Å². The fourth-order valence-electron chi connectivity index (χ4n) is 3.14. The number of nitrogens with zero attached hydrogens (tertiary/aromatic N) is 4. The van der Waals surface area contributed by atoms with Gasteiger partial charge in [-0.15, -0.1) is 0 Å². The fourth-order valence-corrected chi connectivity index (χ4v) is 3.14. The number of halogens is 1. The molecular formula is C25H31FN8O2. The normalized spacial score (nSPS) is 11.0. The summed E-state index contributed by atoms with van der Waals surface area (Å²) in [6, 6.07) is 14.3. The fraction of sp³-hybridized carbons (Fsp3) is 0.280. The minimum absolute atomic E-state index is 0.00395. The second kappa shape index (κ2) is 13.7. The van der Waals surface area contributed by atoms with Crippen LogP contribution in [0.15, 0.2) is 59.7 Å². The van der Waals surface area contributed by atoms with Gasteiger partial charge in [0.1, 0.15) is 0 Å². The second-order valence-electron chi connectivity index (χ2n) is 8.13. The monoisotopic (exact) mass is 494 g/mol. The number of carbonyl (C=O) groups excluding carboxylic acids is 1. The van der Waals surface area contributed by atoms with Gasteiger partial charge in [-0.05, 0) is 63.5 Å². The number of amides is 1. The van der Waals surface area contributed by atoms with E-state index in [1.807, 2.05) is 20.2 Å². The zero-order valence-electron chi connectivity index (χ0n) is 20.3. The summed E-state index contributed by atoms with van der Waals surface area (Å²) in [5.41, 5.74) is 2.60. The first-order valence-corrected chi connectivity index (χ1v) is 11.5. The molecule has 36 heavy (non-hydrogen) atoms. The molecule has 3 rings (SSSR count). The molecule has 3 aromatic rings. The van der Waals surface area contributed by atoms with Crippen molar-refractivity contribution < 1.29 is 14.3 Å². The van der Waals surface area contributed by atoms with Crippen molar-refractivity contribution in [2.45, 2.75) is 6.42 Å². The number of nitrogens with one attached hydrogen (secondary N) is 4. The predicted octanol–water partition coefficient (Wildman–Crippen LogP) is 3.28. The van der Waals surface area contributed by atoms with Gasteiger partial charge in [0.15, 0.2) is 11.6 Å². The van der Waals surface area contributed by atoms with Crippen LogP contribution in [0.3, 0.4) is 0 Å². The summed E-state index contributed by atoms with van der Waals surface area (Å²) in [5, 5.41) is 20.8. The third kappa shape index (κ3) is 8.93. The molecule has 0 fully saturated rings. The van der Waals surface area contributed by atoms with Crippen molar-refractivity contribution in [1.29, 1.82) is 0 Å². The molecule has 10 nitrogen and oxygen atoms in total. The lowest BCUT2D eigenvalue weighted by molar-refractivity contribution is -0.114. The molecular weight excluding hydrogens is 463 g/mol. The van der Waals surface area contributed by atoms with Crippen LogP contribution in [0.5, 0.6) is 0 Å². The summed E-state index contributed by atoms with van der Waals surface area (Å²) in [6.07, 6.45) is 3.18. The van der Waals surface area contributed by atoms with E-state index in [0.29, 0.717) is 30.2 Å². The van der Waals surface area contributed by atoms with Crippen molar-refractivity contribution in [2.75, 3.05) is 56.3 Å². The third-order valence-corrected chi connectivity index (χ3v) is 4.82. The summed E-state index contributed by atoms with van der Waals surface area (Å²) in [5.74, 6) is -0.676. The lowest BCUT2D eigenvalue weighted by Gasteiger charge is -2.11. The molecule has 1 amide bonds. The largest absolute Gasteiger partial charge is 0.395 e. The minimum Gasteiger partial charge on any atom is -0.395 e. The maximum absolute atomic E-state index is 14.4. The Bertz CT molecular complexity index is 1170. The summed E-state index contributed by atoms with van der Waals surface area (Å²) in [7, 11) is 3.97. The number of aliphatic hydroxyl groups excluding tert-OH is 1. The lowest BCUT2D eigenvalue weighted by atomic mass is 10.2. The molecule has 1 heterocycles. The van der Waals surface area contributed by atoms with E-state index in [4.69, 9.17) is 5.11 Å². The van der Waals surface area contributed by atoms with Gasteiger partial charge in [-0.3, -0.25) is 9.79 Å². The van der Waals surface area contributed by atoms with Gasteiger partial charge in [0.2, 0.25) is 5.95 Å². The van der Waals surface area contributed by atoms with Crippen LogP contribution in [0.2, 0.25) is 0 Å². The first-order valence-electron chi connectivity index (χ1n) is 11.5. The number of rotatable bonds is 13. The van der Waals surface area contributed by atoms with Crippen molar-refractivity contribution in [3.8, 4) is 0 Å². The van der Waals surface area contributed by atoms with Crippen LogP contribution in [-0.2, 0) is 4.79 Å². The van der Waals surface area contributed by atoms with E-state index in [2.05, 4.69) is 41.1 Å². The molecule has 1 aromatic heterocycles. The van der Waals surface area contributed by atoms with Crippen LogP contribution >= 0.6 is 0 Å². The molecule has 0 spiro atoms. The quantitative estimate of drug-likeness (QED) is 0.181. The standard InChI is InChI=1S/C25H31FN8O2/c1-34(2)12-5-10-28-23(36)17-29-19-7-4-9-21(15-19)32-25-30-16-22(26)24(33-25)31-20-8-3-6-18(14-20)27-11-13-35/h3-4,6-9,14-17,27,35H,5,10-13H2,1-2H3,(H,28,36)(H2,30,31,32,33). The highest BCUT2D eigenvalue weighted by Gasteiger charge is 2.09. The van der Waals surface area contributed by atoms with Crippen LogP contribution in [-0.4, -0.2) is 72.4 Å². The highest BCUT2D eigenvalue weighted by molar-refractivity contribution is 6.26. The van der Waals surface area contributed by atoms with Crippen molar-refractivity contribution in [2.24, 2.45) is 4.99 Å². The van der Waals surface area contributed by atoms with Gasteiger partial charge in [-0.25, -0.2) is 9.37 Å².